The molecule has 8 heteroatoms. The zero-order valence-electron chi connectivity index (χ0n) is 16.3. The van der Waals surface area contributed by atoms with Gasteiger partial charge in [0.05, 0.1) is 22.2 Å². The van der Waals surface area contributed by atoms with E-state index in [1.165, 1.54) is 0 Å². The Morgan fingerprint density at radius 2 is 1.76 bits per heavy atom. The van der Waals surface area contributed by atoms with Crippen LogP contribution in [0.5, 0.6) is 0 Å². The molecule has 0 radical (unpaired) electrons. The molecule has 0 saturated carbocycles. The number of anilines is 1. The number of carbonyl (C=O) groups excluding carboxylic acids is 2. The first kappa shape index (κ1) is 20.1. The molecular weight excluding hydrogens is 374 g/mol. The van der Waals surface area contributed by atoms with E-state index in [0.717, 1.165) is 0 Å². The fourth-order valence-electron chi connectivity index (χ4n) is 2.57. The summed E-state index contributed by atoms with van der Waals surface area (Å²) in [6.45, 7) is 4.91. The predicted molar refractivity (Wildman–Crippen MR) is 109 cm³/mol. The molecule has 0 fully saturated rings. The van der Waals surface area contributed by atoms with E-state index in [4.69, 9.17) is 9.15 Å². The minimum absolute atomic E-state index is 0.0877. The van der Waals surface area contributed by atoms with Crippen molar-refractivity contribution in [3.05, 3.63) is 59.0 Å². The Morgan fingerprint density at radius 1 is 1.07 bits per heavy atom. The van der Waals surface area contributed by atoms with Gasteiger partial charge in [0.2, 0.25) is 11.8 Å². The van der Waals surface area contributed by atoms with Gasteiger partial charge in [-0.3, -0.25) is 4.79 Å². The van der Waals surface area contributed by atoms with Crippen molar-refractivity contribution < 1.29 is 18.7 Å². The summed E-state index contributed by atoms with van der Waals surface area (Å²) < 4.78 is 10.4. The van der Waals surface area contributed by atoms with E-state index in [1.54, 1.807) is 69.3 Å². The summed E-state index contributed by atoms with van der Waals surface area (Å²) in [7, 11) is 0. The molecule has 1 aromatic heterocycles. The van der Waals surface area contributed by atoms with Crippen LogP contribution in [0.1, 0.15) is 20.8 Å². The molecule has 0 aliphatic carbocycles. The van der Waals surface area contributed by atoms with E-state index >= 15 is 0 Å². The van der Waals surface area contributed by atoms with E-state index in [2.05, 4.69) is 15.6 Å². The number of benzene rings is 2. The van der Waals surface area contributed by atoms with Gasteiger partial charge in [0.1, 0.15) is 12.1 Å². The number of amides is 2. The third-order valence-corrected chi connectivity index (χ3v) is 3.76. The number of ether oxygens (including phenoxy) is 1. The fourth-order valence-corrected chi connectivity index (χ4v) is 2.57. The highest BCUT2D eigenvalue weighted by atomic mass is 16.6. The molecule has 3 rings (SSSR count). The number of nitrogens with zero attached hydrogens (tertiary/aromatic N) is 1. The normalized spacial score (nSPS) is 11.1. The van der Waals surface area contributed by atoms with E-state index in [9.17, 15) is 14.4 Å². The average Bonchev–Trinajstić information content (AvgIpc) is 2.65. The number of fused-ring (bicyclic) bond motifs is 1. The van der Waals surface area contributed by atoms with Crippen molar-refractivity contribution in [1.29, 1.82) is 0 Å². The zero-order chi connectivity index (χ0) is 21.0. The van der Waals surface area contributed by atoms with Crippen molar-refractivity contribution in [3.8, 4) is 11.5 Å². The summed E-state index contributed by atoms with van der Waals surface area (Å²) >= 11 is 0. The van der Waals surface area contributed by atoms with Crippen LogP contribution in [0.25, 0.3) is 22.4 Å². The number of nitrogens with one attached hydrogen (secondary N) is 2. The Labute approximate surface area is 166 Å². The molecule has 0 bridgehead atoms. The van der Waals surface area contributed by atoms with Gasteiger partial charge in [-0.15, -0.1) is 0 Å². The summed E-state index contributed by atoms with van der Waals surface area (Å²) in [4.78, 5) is 40.6. The van der Waals surface area contributed by atoms with E-state index in [0.29, 0.717) is 22.2 Å². The molecule has 2 aromatic carbocycles. The summed E-state index contributed by atoms with van der Waals surface area (Å²) in [6.07, 6.45) is -0.692. The number of aromatic nitrogens is 1. The van der Waals surface area contributed by atoms with Crippen molar-refractivity contribution in [2.45, 2.75) is 26.4 Å². The number of hydrogen-bond donors (Lipinski definition) is 2. The van der Waals surface area contributed by atoms with Crippen LogP contribution in [-0.2, 0) is 9.53 Å². The van der Waals surface area contributed by atoms with Crippen molar-refractivity contribution >= 4 is 28.6 Å². The molecule has 0 atom stereocenters. The molecule has 2 amide bonds. The molecule has 8 nitrogen and oxygen atoms in total. The summed E-state index contributed by atoms with van der Waals surface area (Å²) in [6, 6.07) is 13.6. The monoisotopic (exact) mass is 395 g/mol. The van der Waals surface area contributed by atoms with Gasteiger partial charge in [-0.2, -0.15) is 0 Å². The van der Waals surface area contributed by atoms with Crippen LogP contribution in [-0.4, -0.2) is 29.1 Å². The number of rotatable bonds is 4. The van der Waals surface area contributed by atoms with Crippen LogP contribution in [0, 0.1) is 0 Å². The number of para-hydroxylation sites is 2. The molecule has 2 N–H and O–H groups in total. The highest BCUT2D eigenvalue weighted by Crippen LogP contribution is 2.26. The third kappa shape index (κ3) is 5.19. The molecule has 0 saturated heterocycles. The predicted octanol–water partition coefficient (Wildman–Crippen LogP) is 3.32. The Kier molecular flexibility index (Phi) is 5.63. The van der Waals surface area contributed by atoms with E-state index < -0.39 is 23.2 Å². The minimum Gasteiger partial charge on any atom is -0.444 e. The average molecular weight is 395 g/mol. The van der Waals surface area contributed by atoms with Gasteiger partial charge >= 0.3 is 11.7 Å². The third-order valence-electron chi connectivity index (χ3n) is 3.76. The summed E-state index contributed by atoms with van der Waals surface area (Å²) in [5, 5.41) is 5.45. The molecule has 29 heavy (non-hydrogen) atoms. The maximum Gasteiger partial charge on any atom is 0.408 e. The van der Waals surface area contributed by atoms with Gasteiger partial charge in [0.25, 0.3) is 0 Å². The van der Waals surface area contributed by atoms with Crippen LogP contribution in [0.2, 0.25) is 0 Å². The smallest absolute Gasteiger partial charge is 0.408 e. The highest BCUT2D eigenvalue weighted by molar-refractivity contribution is 5.97. The van der Waals surface area contributed by atoms with Gasteiger partial charge in [-0.1, -0.05) is 24.3 Å². The number of carbonyl (C=O) groups is 2. The lowest BCUT2D eigenvalue weighted by Gasteiger charge is -2.19. The largest absolute Gasteiger partial charge is 0.444 e. The lowest BCUT2D eigenvalue weighted by atomic mass is 10.1. The second-order valence-electron chi connectivity index (χ2n) is 7.27. The molecule has 0 aliphatic rings. The standard InChI is InChI=1S/C21H21N3O5/c1-21(2,3)29-20(27)22-12-17(25)23-15-10-6-4-8-13(15)18-24-16-11-7-5-9-14(16)19(26)28-18/h4-11H,12H2,1-3H3,(H,22,27)(H,23,25). The van der Waals surface area contributed by atoms with E-state index in [-0.39, 0.29) is 12.4 Å². The first-order valence-electron chi connectivity index (χ1n) is 8.99. The van der Waals surface area contributed by atoms with Gasteiger partial charge in [-0.25, -0.2) is 14.6 Å². The topological polar surface area (TPSA) is 111 Å². The van der Waals surface area contributed by atoms with Gasteiger partial charge < -0.3 is 19.8 Å². The first-order chi connectivity index (χ1) is 13.7. The molecule has 1 heterocycles. The van der Waals surface area contributed by atoms with Gasteiger partial charge in [0, 0.05) is 0 Å². The molecule has 3 aromatic rings. The molecular formula is C21H21N3O5. The van der Waals surface area contributed by atoms with Crippen LogP contribution < -0.4 is 16.3 Å². The van der Waals surface area contributed by atoms with E-state index in [1.807, 2.05) is 0 Å². The fraction of sp³-hybridized carbons (Fsp3) is 0.238. The van der Waals surface area contributed by atoms with Crippen molar-refractivity contribution in [2.75, 3.05) is 11.9 Å². The Morgan fingerprint density at radius 3 is 2.52 bits per heavy atom. The number of hydrogen-bond acceptors (Lipinski definition) is 6. The van der Waals surface area contributed by atoms with Crippen LogP contribution in [0.4, 0.5) is 10.5 Å². The maximum atomic E-state index is 12.3. The highest BCUT2D eigenvalue weighted by Gasteiger charge is 2.18. The Balaban J connectivity index is 1.79. The first-order valence-corrected chi connectivity index (χ1v) is 8.99. The molecule has 150 valence electrons. The van der Waals surface area contributed by atoms with Crippen LogP contribution in [0.3, 0.4) is 0 Å². The SMILES string of the molecule is CC(C)(C)OC(=O)NCC(=O)Nc1ccccc1-c1nc2ccccc2c(=O)o1. The van der Waals surface area contributed by atoms with Gasteiger partial charge in [0.15, 0.2) is 0 Å². The summed E-state index contributed by atoms with van der Waals surface area (Å²) in [5.41, 5.74) is 0.159. The lowest BCUT2D eigenvalue weighted by Crippen LogP contribution is -2.37. The number of alkyl carbamates (subject to hydrolysis) is 1. The molecule has 0 unspecified atom stereocenters. The Hall–Kier alpha value is -3.68. The molecule has 0 spiro atoms. The van der Waals surface area contributed by atoms with Crippen molar-refractivity contribution in [1.82, 2.24) is 10.3 Å². The van der Waals surface area contributed by atoms with Crippen LogP contribution >= 0.6 is 0 Å². The zero-order valence-corrected chi connectivity index (χ0v) is 16.3. The second-order valence-corrected chi connectivity index (χ2v) is 7.27. The quantitative estimate of drug-likeness (QED) is 0.701. The van der Waals surface area contributed by atoms with Crippen molar-refractivity contribution in [2.24, 2.45) is 0 Å². The van der Waals surface area contributed by atoms with Crippen molar-refractivity contribution in [3.63, 3.8) is 0 Å². The second kappa shape index (κ2) is 8.14. The van der Waals surface area contributed by atoms with Gasteiger partial charge in [-0.05, 0) is 45.0 Å². The Bertz CT molecular complexity index is 1110. The minimum atomic E-state index is -0.692. The lowest BCUT2D eigenvalue weighted by molar-refractivity contribution is -0.115. The maximum absolute atomic E-state index is 12.3. The van der Waals surface area contributed by atoms with Crippen LogP contribution in [0.15, 0.2) is 57.7 Å². The molecule has 0 aliphatic heterocycles. The summed E-state index contributed by atoms with van der Waals surface area (Å²) in [5.74, 6) is -0.379.